The number of rotatable bonds is 5. The summed E-state index contributed by atoms with van der Waals surface area (Å²) in [6, 6.07) is 4.84. The average molecular weight is 313 g/mol. The minimum Gasteiger partial charge on any atom is -0.484 e. The van der Waals surface area contributed by atoms with E-state index < -0.39 is 6.61 Å². The summed E-state index contributed by atoms with van der Waals surface area (Å²) in [5.74, 6) is 0.287. The van der Waals surface area contributed by atoms with Gasteiger partial charge in [-0.25, -0.2) is 0 Å². The van der Waals surface area contributed by atoms with E-state index in [0.29, 0.717) is 32.6 Å². The zero-order chi connectivity index (χ0) is 15.5. The molecular weight excluding hydrogens is 296 g/mol. The van der Waals surface area contributed by atoms with Crippen LogP contribution in [0.15, 0.2) is 18.2 Å². The fraction of sp³-hybridized carbons (Fsp3) is 0.533. The number of ether oxygens (including phenoxy) is 3. The minimum absolute atomic E-state index is 0.00272. The van der Waals surface area contributed by atoms with E-state index in [4.69, 9.17) is 9.47 Å². The van der Waals surface area contributed by atoms with Gasteiger partial charge in [0.25, 0.3) is 0 Å². The highest BCUT2D eigenvalue weighted by atomic mass is 19.3. The van der Waals surface area contributed by atoms with Gasteiger partial charge in [-0.3, -0.25) is 4.79 Å². The van der Waals surface area contributed by atoms with Gasteiger partial charge in [-0.15, -0.1) is 0 Å². The Morgan fingerprint density at radius 2 is 2.18 bits per heavy atom. The van der Waals surface area contributed by atoms with Crippen molar-refractivity contribution in [3.63, 3.8) is 0 Å². The van der Waals surface area contributed by atoms with E-state index in [1.54, 1.807) is 12.1 Å². The van der Waals surface area contributed by atoms with Gasteiger partial charge in [0.2, 0.25) is 5.91 Å². The standard InChI is InChI=1S/C15H17F2NO4/c16-15(17)22-12-2-1-9(10-6-14(19)18-7-10)5-13(12)21-11-3-4-20-8-11/h1-2,5,10-11,15H,3-4,6-8H2,(H,18,19)/t10?,11-/m1/s1. The molecule has 1 unspecified atom stereocenters. The van der Waals surface area contributed by atoms with Crippen LogP contribution in [-0.4, -0.2) is 38.4 Å². The number of halogens is 2. The fourth-order valence-corrected chi connectivity index (χ4v) is 2.69. The molecule has 7 heteroatoms. The van der Waals surface area contributed by atoms with Crippen LogP contribution < -0.4 is 14.8 Å². The molecule has 0 spiro atoms. The van der Waals surface area contributed by atoms with Crippen LogP contribution in [0, 0.1) is 0 Å². The van der Waals surface area contributed by atoms with Crippen molar-refractivity contribution in [3.8, 4) is 11.5 Å². The maximum absolute atomic E-state index is 12.5. The monoisotopic (exact) mass is 313 g/mol. The van der Waals surface area contributed by atoms with Crippen LogP contribution in [0.25, 0.3) is 0 Å². The van der Waals surface area contributed by atoms with Crippen LogP contribution in [0.2, 0.25) is 0 Å². The smallest absolute Gasteiger partial charge is 0.387 e. The summed E-state index contributed by atoms with van der Waals surface area (Å²) in [4.78, 5) is 11.3. The second-order valence-electron chi connectivity index (χ2n) is 5.39. The Hall–Kier alpha value is -1.89. The van der Waals surface area contributed by atoms with Crippen molar-refractivity contribution in [3.05, 3.63) is 23.8 Å². The number of benzene rings is 1. The molecule has 120 valence electrons. The lowest BCUT2D eigenvalue weighted by atomic mass is 9.98. The van der Waals surface area contributed by atoms with E-state index in [2.05, 4.69) is 10.1 Å². The molecular formula is C15H17F2NO4. The highest BCUT2D eigenvalue weighted by molar-refractivity contribution is 5.79. The summed E-state index contributed by atoms with van der Waals surface area (Å²) >= 11 is 0. The molecule has 0 aromatic heterocycles. The lowest BCUT2D eigenvalue weighted by Crippen LogP contribution is -2.17. The quantitative estimate of drug-likeness (QED) is 0.904. The molecule has 0 radical (unpaired) electrons. The Kier molecular flexibility index (Phi) is 4.42. The van der Waals surface area contributed by atoms with Gasteiger partial charge in [0.1, 0.15) is 6.10 Å². The van der Waals surface area contributed by atoms with Crippen molar-refractivity contribution in [1.29, 1.82) is 0 Å². The van der Waals surface area contributed by atoms with Crippen LogP contribution in [0.5, 0.6) is 11.5 Å². The summed E-state index contributed by atoms with van der Waals surface area (Å²) in [6.07, 6.45) is 0.932. The molecule has 1 aromatic carbocycles. The molecule has 2 aliphatic rings. The third kappa shape index (κ3) is 3.47. The van der Waals surface area contributed by atoms with E-state index in [-0.39, 0.29) is 29.4 Å². The summed E-state index contributed by atoms with van der Waals surface area (Å²) in [7, 11) is 0. The van der Waals surface area contributed by atoms with Crippen LogP contribution in [0.3, 0.4) is 0 Å². The molecule has 2 aliphatic heterocycles. The van der Waals surface area contributed by atoms with E-state index in [9.17, 15) is 13.6 Å². The zero-order valence-electron chi connectivity index (χ0n) is 11.9. The van der Waals surface area contributed by atoms with Gasteiger partial charge in [-0.2, -0.15) is 8.78 Å². The van der Waals surface area contributed by atoms with Crippen molar-refractivity contribution in [2.45, 2.75) is 31.5 Å². The normalized spacial score (nSPS) is 24.6. The van der Waals surface area contributed by atoms with E-state index in [0.717, 1.165) is 5.56 Å². The summed E-state index contributed by atoms with van der Waals surface area (Å²) in [5.41, 5.74) is 0.869. The first-order valence-electron chi connectivity index (χ1n) is 7.21. The highest BCUT2D eigenvalue weighted by Gasteiger charge is 2.26. The highest BCUT2D eigenvalue weighted by Crippen LogP contribution is 2.35. The molecule has 2 fully saturated rings. The lowest BCUT2D eigenvalue weighted by Gasteiger charge is -2.18. The molecule has 1 amide bonds. The first kappa shape index (κ1) is 15.0. The molecule has 22 heavy (non-hydrogen) atoms. The number of nitrogens with one attached hydrogen (secondary N) is 1. The second-order valence-corrected chi connectivity index (χ2v) is 5.39. The number of alkyl halides is 2. The van der Waals surface area contributed by atoms with Gasteiger partial charge < -0.3 is 19.5 Å². The summed E-state index contributed by atoms with van der Waals surface area (Å²) < 4.78 is 40.5. The lowest BCUT2D eigenvalue weighted by molar-refractivity contribution is -0.119. The van der Waals surface area contributed by atoms with E-state index in [1.165, 1.54) is 6.07 Å². The zero-order valence-corrected chi connectivity index (χ0v) is 11.9. The van der Waals surface area contributed by atoms with Crippen LogP contribution >= 0.6 is 0 Å². The van der Waals surface area contributed by atoms with Gasteiger partial charge >= 0.3 is 6.61 Å². The fourth-order valence-electron chi connectivity index (χ4n) is 2.69. The number of hydrogen-bond acceptors (Lipinski definition) is 4. The molecule has 0 aliphatic carbocycles. The Morgan fingerprint density at radius 1 is 1.32 bits per heavy atom. The number of hydrogen-bond donors (Lipinski definition) is 1. The molecule has 3 rings (SSSR count). The second kappa shape index (κ2) is 6.48. The van der Waals surface area contributed by atoms with Crippen molar-refractivity contribution < 1.29 is 27.8 Å². The maximum atomic E-state index is 12.5. The van der Waals surface area contributed by atoms with Crippen LogP contribution in [0.1, 0.15) is 24.3 Å². The first-order valence-corrected chi connectivity index (χ1v) is 7.21. The third-order valence-corrected chi connectivity index (χ3v) is 3.81. The van der Waals surface area contributed by atoms with Gasteiger partial charge in [0, 0.05) is 25.3 Å². The van der Waals surface area contributed by atoms with Crippen molar-refractivity contribution >= 4 is 5.91 Å². The molecule has 2 saturated heterocycles. The number of carbonyl (C=O) groups excluding carboxylic acids is 1. The number of amides is 1. The van der Waals surface area contributed by atoms with E-state index in [1.807, 2.05) is 0 Å². The number of carbonyl (C=O) groups is 1. The van der Waals surface area contributed by atoms with Gasteiger partial charge in [0.05, 0.1) is 13.2 Å². The summed E-state index contributed by atoms with van der Waals surface area (Å²) in [5, 5.41) is 2.76. The Morgan fingerprint density at radius 3 is 2.82 bits per heavy atom. The molecule has 5 nitrogen and oxygen atoms in total. The van der Waals surface area contributed by atoms with Gasteiger partial charge in [-0.05, 0) is 17.7 Å². The topological polar surface area (TPSA) is 56.8 Å². The van der Waals surface area contributed by atoms with Crippen LogP contribution in [0.4, 0.5) is 8.78 Å². The predicted molar refractivity (Wildman–Crippen MR) is 73.3 cm³/mol. The van der Waals surface area contributed by atoms with Crippen LogP contribution in [-0.2, 0) is 9.53 Å². The molecule has 1 aromatic rings. The predicted octanol–water partition coefficient (Wildman–Crippen LogP) is 2.06. The maximum Gasteiger partial charge on any atom is 0.387 e. The minimum atomic E-state index is -2.91. The summed E-state index contributed by atoms with van der Waals surface area (Å²) in [6.45, 7) is -1.35. The largest absolute Gasteiger partial charge is 0.484 e. The third-order valence-electron chi connectivity index (χ3n) is 3.81. The Bertz CT molecular complexity index is 546. The molecule has 2 atom stereocenters. The Labute approximate surface area is 126 Å². The van der Waals surface area contributed by atoms with E-state index >= 15 is 0 Å². The average Bonchev–Trinajstić information content (AvgIpc) is 3.12. The molecule has 0 saturated carbocycles. The van der Waals surface area contributed by atoms with Crippen molar-refractivity contribution in [2.24, 2.45) is 0 Å². The van der Waals surface area contributed by atoms with Crippen molar-refractivity contribution in [2.75, 3.05) is 19.8 Å². The molecule has 0 bridgehead atoms. The molecule has 2 heterocycles. The Balaban J connectivity index is 1.82. The SMILES string of the molecule is O=C1CC(c2ccc(OC(F)F)c(O[C@@H]3CCOC3)c2)CN1. The first-order chi connectivity index (χ1) is 10.6. The van der Waals surface area contributed by atoms with Gasteiger partial charge in [-0.1, -0.05) is 6.07 Å². The van der Waals surface area contributed by atoms with Gasteiger partial charge in [0.15, 0.2) is 11.5 Å². The molecule has 1 N–H and O–H groups in total. The van der Waals surface area contributed by atoms with Crippen molar-refractivity contribution in [1.82, 2.24) is 5.32 Å².